The first kappa shape index (κ1) is 84.3. The molecule has 3 aromatic carbocycles. The van der Waals surface area contributed by atoms with Crippen molar-refractivity contribution in [3.63, 3.8) is 0 Å². The van der Waals surface area contributed by atoms with Gasteiger partial charge in [0.25, 0.3) is 11.8 Å². The summed E-state index contributed by atoms with van der Waals surface area (Å²) in [5.41, 5.74) is 20.3. The number of anilines is 3. The molecule has 7 aromatic rings. The van der Waals surface area contributed by atoms with Crippen LogP contribution in [0.1, 0.15) is 138 Å². The number of likely N-dealkylation sites (tertiary alicyclic amines) is 1. The molecule has 0 radical (unpaired) electrons. The van der Waals surface area contributed by atoms with E-state index in [4.69, 9.17) is 78.7 Å². The van der Waals surface area contributed by atoms with Gasteiger partial charge in [0, 0.05) is 69.8 Å². The Kier molecular flexibility index (Phi) is 29.5. The zero-order chi connectivity index (χ0) is 80.8. The van der Waals surface area contributed by atoms with Crippen LogP contribution in [0.15, 0.2) is 69.5 Å². The number of aryl methyl sites for hydroxylation is 4. The summed E-state index contributed by atoms with van der Waals surface area (Å²) in [5.74, 6) is -4.27. The van der Waals surface area contributed by atoms with Gasteiger partial charge in [-0.3, -0.25) is 49.0 Å². The number of nitrogens with two attached hydrogens (primary N) is 3. The van der Waals surface area contributed by atoms with Crippen molar-refractivity contribution in [3.8, 4) is 11.5 Å². The molecule has 0 bridgehead atoms. The van der Waals surface area contributed by atoms with E-state index in [1.165, 1.54) is 29.2 Å². The number of rotatable bonds is 36. The van der Waals surface area contributed by atoms with Gasteiger partial charge in [-0.25, -0.2) is 34.3 Å². The van der Waals surface area contributed by atoms with E-state index in [1.54, 1.807) is 94.0 Å². The van der Waals surface area contributed by atoms with Crippen molar-refractivity contribution in [2.75, 3.05) is 108 Å². The number of imidazole rings is 2. The van der Waals surface area contributed by atoms with E-state index in [2.05, 4.69) is 47.3 Å². The van der Waals surface area contributed by atoms with E-state index < -0.39 is 88.6 Å². The number of aromatic nitrogens is 6. The van der Waals surface area contributed by atoms with Crippen molar-refractivity contribution in [2.24, 2.45) is 28.5 Å². The van der Waals surface area contributed by atoms with Crippen molar-refractivity contribution in [1.29, 1.82) is 0 Å². The van der Waals surface area contributed by atoms with Crippen LogP contribution >= 0.6 is 0 Å². The summed E-state index contributed by atoms with van der Waals surface area (Å²) in [6.07, 6.45) is 3.06. The smallest absolute Gasteiger partial charge is 0.431 e. The number of nitrogens with zero attached hydrogens (tertiary/aromatic N) is 7. The zero-order valence-electron chi connectivity index (χ0n) is 64.0. The molecule has 2 aliphatic heterocycles. The second kappa shape index (κ2) is 39.2. The van der Waals surface area contributed by atoms with Crippen LogP contribution in [0.4, 0.5) is 32.0 Å². The molecule has 13 N–H and O–H groups in total. The van der Waals surface area contributed by atoms with E-state index in [1.807, 2.05) is 13.8 Å². The average Bonchev–Trinajstić information content (AvgIpc) is 1.20. The Morgan fingerprint density at radius 1 is 0.625 bits per heavy atom. The van der Waals surface area contributed by atoms with Crippen LogP contribution < -0.4 is 64.1 Å². The summed E-state index contributed by atoms with van der Waals surface area (Å²) in [5, 5.41) is 16.5. The minimum Gasteiger partial charge on any atom is -0.490 e. The number of carbonyl (C=O) groups excluding carboxylic acids is 10. The lowest BCUT2D eigenvalue weighted by atomic mass is 9.81. The molecule has 0 unspecified atom stereocenters. The molecule has 604 valence electrons. The number of benzene rings is 3. The van der Waals surface area contributed by atoms with Crippen LogP contribution in [0.3, 0.4) is 0 Å². The van der Waals surface area contributed by atoms with Crippen molar-refractivity contribution in [2.45, 2.75) is 132 Å². The number of urea groups is 1. The van der Waals surface area contributed by atoms with Gasteiger partial charge in [0.2, 0.25) is 53.0 Å². The molecule has 4 aromatic heterocycles. The van der Waals surface area contributed by atoms with Gasteiger partial charge in [-0.05, 0) is 94.3 Å². The molecule has 2 atom stereocenters. The summed E-state index contributed by atoms with van der Waals surface area (Å²) in [7, 11) is 0. The SMILES string of the molecule is CCc1nc(C)oc1C(=O)Nc1nc2cc(C(N)=O)cc3c2n1C/C=C/Cn1c(NC(=O)c2oc(C)nc2CC)nc2cc(C(N)=O)cc(c21)OCC1(CO3)CN(C(=O)OCc2ccc(NC(=O)[C@H](CCCNC(N)=O)NC(=O)[C@@H](NC(=O)CCOCCOCCOCCOCCONC(=O)OC(C)(C)C)C(C)C)cc2)C1. The van der Waals surface area contributed by atoms with E-state index in [0.29, 0.717) is 66.3 Å². The number of hydrogen-bond acceptors (Lipinski definition) is 25. The van der Waals surface area contributed by atoms with Gasteiger partial charge in [-0.15, -0.1) is 0 Å². The second-order valence-electron chi connectivity index (χ2n) is 27.7. The van der Waals surface area contributed by atoms with Gasteiger partial charge in [-0.2, -0.15) is 5.48 Å². The Labute approximate surface area is 643 Å². The quantitative estimate of drug-likeness (QED) is 0.0133. The Morgan fingerprint density at radius 2 is 1.12 bits per heavy atom. The highest BCUT2D eigenvalue weighted by Gasteiger charge is 2.48. The van der Waals surface area contributed by atoms with Gasteiger partial charge in [0.15, 0.2) is 11.8 Å². The van der Waals surface area contributed by atoms with E-state index in [9.17, 15) is 47.9 Å². The molecule has 11 amide bonds. The number of primary amides is 3. The maximum absolute atomic E-state index is 14.1. The largest absolute Gasteiger partial charge is 0.490 e. The molecule has 2 aliphatic rings. The molecule has 112 heavy (non-hydrogen) atoms. The van der Waals surface area contributed by atoms with Crippen LogP contribution in [-0.2, 0) is 80.2 Å². The summed E-state index contributed by atoms with van der Waals surface area (Å²) < 4.78 is 61.2. The summed E-state index contributed by atoms with van der Waals surface area (Å²) in [4.78, 5) is 157. The molecule has 6 heterocycles. The standard InChI is InChI=1S/C74H97N17O21/c1-10-49-60(110-43(5)79-49)66(97)86-69-83-52-33-46(62(75)93)35-54-58(52)90(69)22-12-13-23-91-59-53(84-70(91)87-67(98)61-50(11-2)80-44(6)111-61)34-47(63(76)94)36-55(59)108-41-74(40-107-54)38-89(39-74)72(101)106-37-45-16-18-48(19-17-45)81-64(95)51(15-14-21-78-68(77)99)82-65(96)57(42(3)4)85-56(92)20-24-102-25-26-103-27-28-104-29-30-105-31-32-109-88-71(100)112-73(7,8)9/h12-13,16-19,33-36,42,51,57H,10-11,14-15,20-32,37-41H2,1-9H3,(H2,75,93)(H2,76,94)(H,81,95)(H,82,96)(H,85,92)(H,88,100)(H3,77,78,99)(H,83,86,97)(H,84,87,98)/b13-12+/t51-,57-/m0/s1. The topological polar surface area (TPSA) is 507 Å². The lowest BCUT2D eigenvalue weighted by Gasteiger charge is -2.48. The average molecular weight is 1560 g/mol. The fourth-order valence-corrected chi connectivity index (χ4v) is 12.0. The van der Waals surface area contributed by atoms with Gasteiger partial charge in [-0.1, -0.05) is 52.0 Å². The molecule has 0 saturated carbocycles. The molecule has 1 fully saturated rings. The Hall–Kier alpha value is -11.7. The first-order chi connectivity index (χ1) is 53.5. The van der Waals surface area contributed by atoms with Crippen LogP contribution in [0, 0.1) is 25.2 Å². The zero-order valence-corrected chi connectivity index (χ0v) is 64.0. The molecule has 38 nitrogen and oxygen atoms in total. The first-order valence-electron chi connectivity index (χ1n) is 36.5. The molecular formula is C74H97N17O21. The number of carbonyl (C=O) groups is 10. The number of oxazole rings is 2. The third kappa shape index (κ3) is 23.4. The molecule has 38 heteroatoms. The number of hydroxylamine groups is 1. The van der Waals surface area contributed by atoms with Crippen molar-refractivity contribution < 1.29 is 99.5 Å². The number of allylic oxidation sites excluding steroid dienone is 2. The fourth-order valence-electron chi connectivity index (χ4n) is 12.0. The Balaban J connectivity index is 0.838. The number of amides is 11. The third-order valence-corrected chi connectivity index (χ3v) is 17.4. The predicted octanol–water partition coefficient (Wildman–Crippen LogP) is 5.40. The normalized spacial score (nSPS) is 14.1. The molecular weight excluding hydrogens is 1460 g/mol. The molecule has 1 saturated heterocycles. The van der Waals surface area contributed by atoms with Crippen molar-refractivity contribution in [3.05, 3.63) is 112 Å². The van der Waals surface area contributed by atoms with Crippen molar-refractivity contribution in [1.82, 2.24) is 55.4 Å². The Bertz CT molecular complexity index is 4370. The number of nitrogens with one attached hydrogen (secondary N) is 7. The van der Waals surface area contributed by atoms with Crippen LogP contribution in [0.25, 0.3) is 22.1 Å². The van der Waals surface area contributed by atoms with E-state index >= 15 is 0 Å². The van der Waals surface area contributed by atoms with Gasteiger partial charge < -0.3 is 99.2 Å². The Morgan fingerprint density at radius 3 is 1.60 bits per heavy atom. The highest BCUT2D eigenvalue weighted by molar-refractivity contribution is 6.06. The minimum absolute atomic E-state index is 0.0107. The lowest BCUT2D eigenvalue weighted by molar-refractivity contribution is -0.132. The maximum atomic E-state index is 14.1. The molecule has 0 aliphatic carbocycles. The summed E-state index contributed by atoms with van der Waals surface area (Å²) in [6.45, 7) is 16.9. The number of ether oxygens (including phenoxy) is 8. The highest BCUT2D eigenvalue weighted by atomic mass is 16.7. The van der Waals surface area contributed by atoms with Gasteiger partial charge in [0.05, 0.1) is 87.3 Å². The molecule has 1 spiro atoms. The molecule has 9 rings (SSSR count). The summed E-state index contributed by atoms with van der Waals surface area (Å²) in [6, 6.07) is 9.22. The minimum atomic E-state index is -1.15. The van der Waals surface area contributed by atoms with Gasteiger partial charge in [0.1, 0.15) is 60.0 Å². The van der Waals surface area contributed by atoms with E-state index in [0.717, 1.165) is 0 Å². The third-order valence-electron chi connectivity index (χ3n) is 17.4. The number of hydrogen-bond donors (Lipinski definition) is 10. The monoisotopic (exact) mass is 1560 g/mol. The van der Waals surface area contributed by atoms with Crippen LogP contribution in [0.5, 0.6) is 11.5 Å². The fraction of sp³-hybridized carbons (Fsp3) is 0.486. The van der Waals surface area contributed by atoms with Crippen molar-refractivity contribution >= 4 is 99.2 Å². The predicted molar refractivity (Wildman–Crippen MR) is 402 cm³/mol. The first-order valence-corrected chi connectivity index (χ1v) is 36.5. The lowest BCUT2D eigenvalue weighted by Crippen LogP contribution is -2.63. The highest BCUT2D eigenvalue weighted by Crippen LogP contribution is 2.39. The summed E-state index contributed by atoms with van der Waals surface area (Å²) >= 11 is 0. The second-order valence-corrected chi connectivity index (χ2v) is 27.7. The van der Waals surface area contributed by atoms with Crippen LogP contribution in [-0.4, -0.2) is 204 Å². The van der Waals surface area contributed by atoms with Crippen LogP contribution in [0.2, 0.25) is 0 Å². The van der Waals surface area contributed by atoms with Gasteiger partial charge >= 0.3 is 18.2 Å². The maximum Gasteiger partial charge on any atom is 0.431 e. The van der Waals surface area contributed by atoms with E-state index in [-0.39, 0.29) is 180 Å².